The average Bonchev–Trinajstić information content (AvgIpc) is 3.36. The summed E-state index contributed by atoms with van der Waals surface area (Å²) in [5.41, 5.74) is 2.43. The molecule has 0 atom stereocenters. The van der Waals surface area contributed by atoms with E-state index in [1.54, 1.807) is 12.1 Å². The molecule has 1 aliphatic heterocycles. The minimum atomic E-state index is 0.259. The van der Waals surface area contributed by atoms with Crippen LogP contribution in [0.15, 0.2) is 41.5 Å². The minimum absolute atomic E-state index is 0.259. The standard InChI is InChI=1S/C20H22N4O4/c1-4-26-15-10-9-13(11-17(15)27-5-2)19-23-24(12-28-19)20-21-14-7-6-8-16(25-3)18(14)22-20/h6-11H,4-5,12H2,1-3H3,(H,21,22). The predicted molar refractivity (Wildman–Crippen MR) is 106 cm³/mol. The number of imidazole rings is 1. The van der Waals surface area contributed by atoms with Gasteiger partial charge in [-0.05, 0) is 44.2 Å². The van der Waals surface area contributed by atoms with Crippen molar-refractivity contribution in [2.45, 2.75) is 13.8 Å². The van der Waals surface area contributed by atoms with E-state index < -0.39 is 0 Å². The first-order valence-corrected chi connectivity index (χ1v) is 9.15. The number of nitrogens with one attached hydrogen (secondary N) is 1. The van der Waals surface area contributed by atoms with Crippen molar-refractivity contribution < 1.29 is 18.9 Å². The summed E-state index contributed by atoms with van der Waals surface area (Å²) in [6.07, 6.45) is 0. The summed E-state index contributed by atoms with van der Waals surface area (Å²) < 4.78 is 22.4. The van der Waals surface area contributed by atoms with Gasteiger partial charge in [-0.3, -0.25) is 0 Å². The highest BCUT2D eigenvalue weighted by Gasteiger charge is 2.23. The molecule has 1 aromatic heterocycles. The van der Waals surface area contributed by atoms with Gasteiger partial charge in [0.15, 0.2) is 18.2 Å². The number of benzene rings is 2. The Bertz CT molecular complexity index is 1010. The Morgan fingerprint density at radius 3 is 2.68 bits per heavy atom. The van der Waals surface area contributed by atoms with E-state index in [1.807, 2.05) is 50.2 Å². The number of aromatic amines is 1. The molecular formula is C20H22N4O4. The van der Waals surface area contributed by atoms with E-state index in [1.165, 1.54) is 0 Å². The maximum Gasteiger partial charge on any atom is 0.240 e. The van der Waals surface area contributed by atoms with E-state index >= 15 is 0 Å². The van der Waals surface area contributed by atoms with Crippen molar-refractivity contribution in [3.8, 4) is 17.2 Å². The van der Waals surface area contributed by atoms with Crippen molar-refractivity contribution in [1.82, 2.24) is 9.97 Å². The monoisotopic (exact) mass is 382 g/mol. The van der Waals surface area contributed by atoms with Crippen LogP contribution in [-0.2, 0) is 4.74 Å². The number of anilines is 1. The first-order valence-electron chi connectivity index (χ1n) is 9.15. The zero-order valence-corrected chi connectivity index (χ0v) is 16.1. The number of hydrazone groups is 1. The Morgan fingerprint density at radius 2 is 1.89 bits per heavy atom. The molecule has 0 saturated heterocycles. The molecule has 8 heteroatoms. The molecule has 1 aliphatic rings. The van der Waals surface area contributed by atoms with Crippen molar-refractivity contribution in [3.05, 3.63) is 42.0 Å². The molecule has 2 aromatic carbocycles. The summed E-state index contributed by atoms with van der Waals surface area (Å²) in [7, 11) is 1.63. The van der Waals surface area contributed by atoms with Gasteiger partial charge < -0.3 is 23.9 Å². The number of H-pyrrole nitrogens is 1. The van der Waals surface area contributed by atoms with Crippen LogP contribution in [0.5, 0.6) is 17.2 Å². The van der Waals surface area contributed by atoms with Crippen LogP contribution < -0.4 is 19.2 Å². The number of fused-ring (bicyclic) bond motifs is 1. The van der Waals surface area contributed by atoms with Crippen molar-refractivity contribution in [1.29, 1.82) is 0 Å². The number of hydrogen-bond donors (Lipinski definition) is 1. The van der Waals surface area contributed by atoms with Crippen LogP contribution >= 0.6 is 0 Å². The summed E-state index contributed by atoms with van der Waals surface area (Å²) in [4.78, 5) is 7.84. The molecule has 4 rings (SSSR count). The molecule has 0 saturated carbocycles. The van der Waals surface area contributed by atoms with E-state index in [4.69, 9.17) is 18.9 Å². The number of para-hydroxylation sites is 1. The molecule has 0 bridgehead atoms. The lowest BCUT2D eigenvalue weighted by atomic mass is 10.2. The molecule has 146 valence electrons. The largest absolute Gasteiger partial charge is 0.494 e. The van der Waals surface area contributed by atoms with Crippen molar-refractivity contribution in [2.75, 3.05) is 32.1 Å². The van der Waals surface area contributed by atoms with Crippen molar-refractivity contribution >= 4 is 22.9 Å². The van der Waals surface area contributed by atoms with Crippen LogP contribution in [0.25, 0.3) is 11.0 Å². The fourth-order valence-corrected chi connectivity index (χ4v) is 3.00. The molecule has 0 unspecified atom stereocenters. The van der Waals surface area contributed by atoms with Crippen LogP contribution in [0.3, 0.4) is 0 Å². The average molecular weight is 382 g/mol. The molecular weight excluding hydrogens is 360 g/mol. The molecule has 1 N–H and O–H groups in total. The Kier molecular flexibility index (Phi) is 4.92. The number of aromatic nitrogens is 2. The lowest BCUT2D eigenvalue weighted by Gasteiger charge is -2.11. The highest BCUT2D eigenvalue weighted by molar-refractivity contribution is 5.96. The highest BCUT2D eigenvalue weighted by Crippen LogP contribution is 2.31. The number of methoxy groups -OCH3 is 1. The lowest BCUT2D eigenvalue weighted by molar-refractivity contribution is 0.287. The molecule has 8 nitrogen and oxygen atoms in total. The van der Waals surface area contributed by atoms with Crippen LogP contribution in [0.4, 0.5) is 5.95 Å². The van der Waals surface area contributed by atoms with Gasteiger partial charge in [-0.2, -0.15) is 5.01 Å². The van der Waals surface area contributed by atoms with Gasteiger partial charge in [0.05, 0.1) is 25.8 Å². The maximum atomic E-state index is 5.78. The topological polar surface area (TPSA) is 81.2 Å². The van der Waals surface area contributed by atoms with E-state index in [2.05, 4.69) is 15.1 Å². The zero-order valence-electron chi connectivity index (χ0n) is 16.1. The summed E-state index contributed by atoms with van der Waals surface area (Å²) in [5, 5.41) is 6.23. The fourth-order valence-electron chi connectivity index (χ4n) is 3.00. The van der Waals surface area contributed by atoms with E-state index in [0.717, 1.165) is 16.6 Å². The predicted octanol–water partition coefficient (Wildman–Crippen LogP) is 3.52. The third-order valence-corrected chi connectivity index (χ3v) is 4.25. The van der Waals surface area contributed by atoms with Crippen molar-refractivity contribution in [2.24, 2.45) is 5.10 Å². The van der Waals surface area contributed by atoms with Crippen LogP contribution in [0.2, 0.25) is 0 Å². The lowest BCUT2D eigenvalue weighted by Crippen LogP contribution is -2.14. The van der Waals surface area contributed by atoms with Gasteiger partial charge in [0.25, 0.3) is 0 Å². The van der Waals surface area contributed by atoms with E-state index in [9.17, 15) is 0 Å². The highest BCUT2D eigenvalue weighted by atomic mass is 16.5. The quantitative estimate of drug-likeness (QED) is 0.673. The Hall–Kier alpha value is -3.42. The number of nitrogens with zero attached hydrogens (tertiary/aromatic N) is 3. The number of hydrogen-bond acceptors (Lipinski definition) is 7. The summed E-state index contributed by atoms with van der Waals surface area (Å²) >= 11 is 0. The summed E-state index contributed by atoms with van der Waals surface area (Å²) in [5.74, 6) is 3.16. The van der Waals surface area contributed by atoms with Gasteiger partial charge in [-0.25, -0.2) is 4.98 Å². The van der Waals surface area contributed by atoms with Gasteiger partial charge in [0, 0.05) is 5.56 Å². The smallest absolute Gasteiger partial charge is 0.240 e. The second-order valence-electron chi connectivity index (χ2n) is 6.02. The molecule has 0 amide bonds. The molecule has 2 heterocycles. The van der Waals surface area contributed by atoms with E-state index in [-0.39, 0.29) is 6.73 Å². The maximum absolute atomic E-state index is 5.78. The van der Waals surface area contributed by atoms with E-state index in [0.29, 0.717) is 42.3 Å². The first kappa shape index (κ1) is 18.0. The SMILES string of the molecule is CCOc1ccc(C2=NN(c3nc4c(OC)cccc4[nH]3)CO2)cc1OCC. The van der Waals surface area contributed by atoms with Gasteiger partial charge >= 0.3 is 0 Å². The Morgan fingerprint density at radius 1 is 1.07 bits per heavy atom. The summed E-state index contributed by atoms with van der Waals surface area (Å²) in [6.45, 7) is 5.25. The number of rotatable bonds is 7. The normalized spacial score (nSPS) is 13.4. The molecule has 0 aliphatic carbocycles. The Balaban J connectivity index is 1.63. The number of ether oxygens (including phenoxy) is 4. The van der Waals surface area contributed by atoms with Crippen LogP contribution in [0, 0.1) is 0 Å². The van der Waals surface area contributed by atoms with Gasteiger partial charge in [0.2, 0.25) is 11.8 Å². The second kappa shape index (κ2) is 7.67. The van der Waals surface area contributed by atoms with Crippen molar-refractivity contribution in [3.63, 3.8) is 0 Å². The molecule has 0 fully saturated rings. The molecule has 0 spiro atoms. The van der Waals surface area contributed by atoms with Crippen LogP contribution in [0.1, 0.15) is 19.4 Å². The second-order valence-corrected chi connectivity index (χ2v) is 6.02. The molecule has 3 aromatic rings. The molecule has 28 heavy (non-hydrogen) atoms. The van der Waals surface area contributed by atoms with Gasteiger partial charge in [-0.1, -0.05) is 6.07 Å². The third-order valence-electron chi connectivity index (χ3n) is 4.25. The molecule has 0 radical (unpaired) electrons. The Labute approximate surface area is 162 Å². The zero-order chi connectivity index (χ0) is 19.5. The minimum Gasteiger partial charge on any atom is -0.494 e. The van der Waals surface area contributed by atoms with Gasteiger partial charge in [0.1, 0.15) is 11.3 Å². The third kappa shape index (κ3) is 3.28. The fraction of sp³-hybridized carbons (Fsp3) is 0.300. The first-order chi connectivity index (χ1) is 13.7. The van der Waals surface area contributed by atoms with Gasteiger partial charge in [-0.15, -0.1) is 5.10 Å². The summed E-state index contributed by atoms with van der Waals surface area (Å²) in [6, 6.07) is 11.4. The van der Waals surface area contributed by atoms with Crippen LogP contribution in [-0.4, -0.2) is 42.9 Å².